The van der Waals surface area contributed by atoms with Gasteiger partial charge in [-0.1, -0.05) is 53.0 Å². The van der Waals surface area contributed by atoms with Crippen molar-refractivity contribution in [3.05, 3.63) is 69.3 Å². The van der Waals surface area contributed by atoms with Crippen molar-refractivity contribution in [2.24, 2.45) is 4.99 Å². The molecule has 0 unspecified atom stereocenters. The van der Waals surface area contributed by atoms with Crippen molar-refractivity contribution in [3.63, 3.8) is 0 Å². The van der Waals surface area contributed by atoms with E-state index in [1.165, 1.54) is 0 Å². The molecule has 21 heavy (non-hydrogen) atoms. The van der Waals surface area contributed by atoms with Crippen LogP contribution >= 0.6 is 34.8 Å². The van der Waals surface area contributed by atoms with E-state index in [-0.39, 0.29) is 0 Å². The van der Waals surface area contributed by atoms with E-state index >= 15 is 0 Å². The maximum atomic E-state index is 6.18. The molecule has 3 rings (SSSR count). The predicted molar refractivity (Wildman–Crippen MR) is 90.5 cm³/mol. The molecule has 2 aromatic carbocycles. The molecular weight excluding hydrogens is 327 g/mol. The van der Waals surface area contributed by atoms with Crippen molar-refractivity contribution >= 4 is 57.6 Å². The van der Waals surface area contributed by atoms with Gasteiger partial charge >= 0.3 is 0 Å². The van der Waals surface area contributed by atoms with E-state index in [2.05, 4.69) is 9.98 Å². The minimum Gasteiger partial charge on any atom is -0.255 e. The monoisotopic (exact) mass is 334 g/mol. The molecule has 0 atom stereocenters. The maximum Gasteiger partial charge on any atom is 0.138 e. The van der Waals surface area contributed by atoms with Crippen molar-refractivity contribution < 1.29 is 0 Å². The van der Waals surface area contributed by atoms with Gasteiger partial charge in [-0.3, -0.25) is 4.99 Å². The summed E-state index contributed by atoms with van der Waals surface area (Å²) in [5.74, 6) is 0. The van der Waals surface area contributed by atoms with Crippen LogP contribution in [0.5, 0.6) is 0 Å². The van der Waals surface area contributed by atoms with Gasteiger partial charge in [-0.25, -0.2) is 4.98 Å². The zero-order valence-electron chi connectivity index (χ0n) is 10.7. The molecule has 0 radical (unpaired) electrons. The van der Waals surface area contributed by atoms with Crippen molar-refractivity contribution in [2.75, 3.05) is 0 Å². The molecule has 0 fully saturated rings. The van der Waals surface area contributed by atoms with Crippen LogP contribution in [-0.2, 0) is 0 Å². The van der Waals surface area contributed by atoms with Gasteiger partial charge in [0.15, 0.2) is 0 Å². The smallest absolute Gasteiger partial charge is 0.138 e. The van der Waals surface area contributed by atoms with E-state index in [1.807, 2.05) is 30.3 Å². The Morgan fingerprint density at radius 3 is 2.62 bits per heavy atom. The molecule has 5 heteroatoms. The lowest BCUT2D eigenvalue weighted by Gasteiger charge is -2.02. The number of para-hydroxylation sites is 1. The van der Waals surface area contributed by atoms with Crippen LogP contribution in [0.25, 0.3) is 10.9 Å². The third-order valence-corrected chi connectivity index (χ3v) is 3.81. The van der Waals surface area contributed by atoms with Crippen LogP contribution in [0.2, 0.25) is 15.2 Å². The molecule has 0 aliphatic rings. The molecule has 1 heterocycles. The highest BCUT2D eigenvalue weighted by atomic mass is 35.5. The highest BCUT2D eigenvalue weighted by molar-refractivity contribution is 6.35. The Morgan fingerprint density at radius 1 is 0.952 bits per heavy atom. The number of hydrogen-bond acceptors (Lipinski definition) is 2. The second-order valence-electron chi connectivity index (χ2n) is 4.42. The summed E-state index contributed by atoms with van der Waals surface area (Å²) >= 11 is 18.2. The van der Waals surface area contributed by atoms with Gasteiger partial charge in [0.1, 0.15) is 5.15 Å². The molecule has 1 aromatic heterocycles. The van der Waals surface area contributed by atoms with E-state index in [1.54, 1.807) is 24.4 Å². The Morgan fingerprint density at radius 2 is 1.76 bits per heavy atom. The van der Waals surface area contributed by atoms with Crippen LogP contribution in [0.1, 0.15) is 5.56 Å². The zero-order valence-corrected chi connectivity index (χ0v) is 13.0. The largest absolute Gasteiger partial charge is 0.255 e. The molecule has 0 aliphatic heterocycles. The summed E-state index contributed by atoms with van der Waals surface area (Å²) in [7, 11) is 0. The van der Waals surface area contributed by atoms with Crippen molar-refractivity contribution in [1.82, 2.24) is 4.98 Å². The first kappa shape index (κ1) is 14.3. The minimum absolute atomic E-state index is 0.399. The van der Waals surface area contributed by atoms with Gasteiger partial charge in [0.25, 0.3) is 0 Å². The number of pyridine rings is 1. The number of fused-ring (bicyclic) bond motifs is 1. The van der Waals surface area contributed by atoms with Crippen LogP contribution in [0.3, 0.4) is 0 Å². The first-order valence-electron chi connectivity index (χ1n) is 6.18. The summed E-state index contributed by atoms with van der Waals surface area (Å²) < 4.78 is 0. The molecule has 0 aliphatic carbocycles. The summed E-state index contributed by atoms with van der Waals surface area (Å²) in [6.45, 7) is 0. The number of halogens is 3. The van der Waals surface area contributed by atoms with Crippen molar-refractivity contribution in [1.29, 1.82) is 0 Å². The quantitative estimate of drug-likeness (QED) is 0.420. The lowest BCUT2D eigenvalue weighted by Crippen LogP contribution is -1.88. The molecule has 0 bridgehead atoms. The topological polar surface area (TPSA) is 25.2 Å². The molecule has 0 saturated carbocycles. The molecule has 2 nitrogen and oxygen atoms in total. The van der Waals surface area contributed by atoms with Gasteiger partial charge in [-0.05, 0) is 30.3 Å². The fourth-order valence-electron chi connectivity index (χ4n) is 1.92. The number of aliphatic imine (C=N–C) groups is 1. The number of hydrogen-bond donors (Lipinski definition) is 0. The third kappa shape index (κ3) is 3.18. The summed E-state index contributed by atoms with van der Waals surface area (Å²) in [6, 6.07) is 14.8. The van der Waals surface area contributed by atoms with Gasteiger partial charge < -0.3 is 0 Å². The summed E-state index contributed by atoms with van der Waals surface area (Å²) in [6.07, 6.45) is 1.64. The lowest BCUT2D eigenvalue weighted by atomic mass is 10.2. The van der Waals surface area contributed by atoms with Crippen LogP contribution in [0.15, 0.2) is 53.5 Å². The molecule has 0 saturated heterocycles. The Kier molecular flexibility index (Phi) is 4.11. The van der Waals surface area contributed by atoms with E-state index in [0.717, 1.165) is 16.5 Å². The Balaban J connectivity index is 2.02. The van der Waals surface area contributed by atoms with Gasteiger partial charge in [0.05, 0.1) is 16.2 Å². The highest BCUT2D eigenvalue weighted by Crippen LogP contribution is 2.28. The Labute approximate surface area is 137 Å². The summed E-state index contributed by atoms with van der Waals surface area (Å²) in [5, 5.41) is 2.51. The van der Waals surface area contributed by atoms with Crippen molar-refractivity contribution in [2.45, 2.75) is 0 Å². The second kappa shape index (κ2) is 6.02. The van der Waals surface area contributed by atoms with E-state index in [9.17, 15) is 0 Å². The van der Waals surface area contributed by atoms with Crippen LogP contribution in [0, 0.1) is 0 Å². The molecular formula is C16H9Cl3N2. The number of aromatic nitrogens is 1. The first-order chi connectivity index (χ1) is 10.1. The van der Waals surface area contributed by atoms with Crippen LogP contribution < -0.4 is 0 Å². The minimum atomic E-state index is 0.399. The SMILES string of the molecule is Clc1ccc(Cl)c(N=Cc2cc3ccccc3nc2Cl)c1. The van der Waals surface area contributed by atoms with Gasteiger partial charge in [-0.15, -0.1) is 0 Å². The number of nitrogens with zero attached hydrogens (tertiary/aromatic N) is 2. The average Bonchev–Trinajstić information content (AvgIpc) is 2.48. The second-order valence-corrected chi connectivity index (χ2v) is 5.62. The van der Waals surface area contributed by atoms with E-state index < -0.39 is 0 Å². The van der Waals surface area contributed by atoms with E-state index in [4.69, 9.17) is 34.8 Å². The standard InChI is InChI=1S/C16H9Cl3N2/c17-12-5-6-13(18)15(8-12)20-9-11-7-10-3-1-2-4-14(10)21-16(11)19/h1-9H. The van der Waals surface area contributed by atoms with Crippen LogP contribution in [0.4, 0.5) is 5.69 Å². The third-order valence-electron chi connectivity index (χ3n) is 2.96. The Bertz CT molecular complexity index is 844. The molecule has 3 aromatic rings. The molecule has 0 N–H and O–H groups in total. The molecule has 104 valence electrons. The fraction of sp³-hybridized carbons (Fsp3) is 0. The highest BCUT2D eigenvalue weighted by Gasteiger charge is 2.04. The van der Waals surface area contributed by atoms with Gasteiger partial charge in [0, 0.05) is 22.2 Å². The normalized spacial score (nSPS) is 11.4. The van der Waals surface area contributed by atoms with Crippen molar-refractivity contribution in [3.8, 4) is 0 Å². The number of rotatable bonds is 2. The summed E-state index contributed by atoms with van der Waals surface area (Å²) in [5.41, 5.74) is 2.17. The predicted octanol–water partition coefficient (Wildman–Crippen LogP) is 5.95. The van der Waals surface area contributed by atoms with Gasteiger partial charge in [-0.2, -0.15) is 0 Å². The fourth-order valence-corrected chi connectivity index (χ4v) is 2.45. The molecule has 0 spiro atoms. The first-order valence-corrected chi connectivity index (χ1v) is 7.31. The molecule has 0 amide bonds. The Hall–Kier alpha value is -1.61. The maximum absolute atomic E-state index is 6.18. The van der Waals surface area contributed by atoms with Gasteiger partial charge in [0.2, 0.25) is 0 Å². The average molecular weight is 336 g/mol. The number of benzene rings is 2. The van der Waals surface area contributed by atoms with E-state index in [0.29, 0.717) is 20.9 Å². The zero-order chi connectivity index (χ0) is 14.8. The summed E-state index contributed by atoms with van der Waals surface area (Å²) in [4.78, 5) is 8.68. The van der Waals surface area contributed by atoms with Crippen LogP contribution in [-0.4, -0.2) is 11.2 Å². The lowest BCUT2D eigenvalue weighted by molar-refractivity contribution is 1.39.